The Morgan fingerprint density at radius 1 is 1.43 bits per heavy atom. The summed E-state index contributed by atoms with van der Waals surface area (Å²) in [6.07, 6.45) is 4.65. The molecule has 1 aromatic rings. The van der Waals surface area contributed by atoms with Crippen LogP contribution in [-0.2, 0) is 9.53 Å². The van der Waals surface area contributed by atoms with Gasteiger partial charge in [0.05, 0.1) is 11.8 Å². The standard InChI is InChI=1S/C15H22N2O4/c1-15(2,3)11(20-4)12-16-13(21-17-12)9-7-5-6-8-10(9)14(18)19/h5-6,9-11H,7-8H2,1-4H3,(H,18,19). The van der Waals surface area contributed by atoms with Crippen LogP contribution in [0, 0.1) is 11.3 Å². The number of hydrogen-bond donors (Lipinski definition) is 1. The van der Waals surface area contributed by atoms with Gasteiger partial charge in [-0.1, -0.05) is 38.1 Å². The molecule has 0 saturated carbocycles. The zero-order chi connectivity index (χ0) is 15.6. The average molecular weight is 294 g/mol. The minimum Gasteiger partial charge on any atom is -0.481 e. The predicted molar refractivity (Wildman–Crippen MR) is 75.7 cm³/mol. The number of aliphatic carboxylic acids is 1. The Morgan fingerprint density at radius 2 is 2.10 bits per heavy atom. The lowest BCUT2D eigenvalue weighted by Gasteiger charge is -2.26. The number of carbonyl (C=O) groups is 1. The van der Waals surface area contributed by atoms with Gasteiger partial charge in [-0.15, -0.1) is 0 Å². The van der Waals surface area contributed by atoms with Crippen LogP contribution in [0.1, 0.15) is 57.3 Å². The maximum absolute atomic E-state index is 11.3. The quantitative estimate of drug-likeness (QED) is 0.859. The zero-order valence-corrected chi connectivity index (χ0v) is 12.9. The summed E-state index contributed by atoms with van der Waals surface area (Å²) in [6.45, 7) is 6.09. The normalized spacial score (nSPS) is 24.0. The highest BCUT2D eigenvalue weighted by molar-refractivity contribution is 5.71. The Labute approximate surface area is 124 Å². The van der Waals surface area contributed by atoms with Crippen molar-refractivity contribution in [3.05, 3.63) is 23.9 Å². The Morgan fingerprint density at radius 3 is 2.67 bits per heavy atom. The summed E-state index contributed by atoms with van der Waals surface area (Å²) in [6, 6.07) is 0. The van der Waals surface area contributed by atoms with Crippen LogP contribution in [0.4, 0.5) is 0 Å². The van der Waals surface area contributed by atoms with E-state index in [0.29, 0.717) is 24.6 Å². The van der Waals surface area contributed by atoms with Crippen LogP contribution in [0.2, 0.25) is 0 Å². The molecule has 0 fully saturated rings. The largest absolute Gasteiger partial charge is 0.481 e. The second kappa shape index (κ2) is 5.97. The Balaban J connectivity index is 2.26. The van der Waals surface area contributed by atoms with E-state index in [1.165, 1.54) is 0 Å². The van der Waals surface area contributed by atoms with Gasteiger partial charge in [-0.25, -0.2) is 0 Å². The summed E-state index contributed by atoms with van der Waals surface area (Å²) < 4.78 is 10.8. The highest BCUT2D eigenvalue weighted by Crippen LogP contribution is 2.37. The van der Waals surface area contributed by atoms with E-state index < -0.39 is 11.9 Å². The van der Waals surface area contributed by atoms with E-state index in [4.69, 9.17) is 9.26 Å². The van der Waals surface area contributed by atoms with Gasteiger partial charge in [-0.2, -0.15) is 4.98 Å². The van der Waals surface area contributed by atoms with Crippen molar-refractivity contribution < 1.29 is 19.2 Å². The van der Waals surface area contributed by atoms with Gasteiger partial charge in [-0.3, -0.25) is 4.79 Å². The summed E-state index contributed by atoms with van der Waals surface area (Å²) in [5.74, 6) is -0.764. The van der Waals surface area contributed by atoms with Gasteiger partial charge in [0.15, 0.2) is 0 Å². The number of methoxy groups -OCH3 is 1. The van der Waals surface area contributed by atoms with Crippen LogP contribution in [0.3, 0.4) is 0 Å². The molecule has 21 heavy (non-hydrogen) atoms. The lowest BCUT2D eigenvalue weighted by Crippen LogP contribution is -2.24. The molecule has 6 heteroatoms. The molecule has 1 heterocycles. The van der Waals surface area contributed by atoms with Crippen LogP contribution in [0.25, 0.3) is 0 Å². The van der Waals surface area contributed by atoms with Gasteiger partial charge in [-0.05, 0) is 18.3 Å². The summed E-state index contributed by atoms with van der Waals surface area (Å²) >= 11 is 0. The first-order valence-corrected chi connectivity index (χ1v) is 7.08. The second-order valence-corrected chi connectivity index (χ2v) is 6.47. The number of ether oxygens (including phenoxy) is 1. The lowest BCUT2D eigenvalue weighted by atomic mass is 9.83. The number of hydrogen-bond acceptors (Lipinski definition) is 5. The molecule has 1 aliphatic carbocycles. The molecular formula is C15H22N2O4. The molecule has 0 amide bonds. The summed E-state index contributed by atoms with van der Waals surface area (Å²) in [7, 11) is 1.61. The highest BCUT2D eigenvalue weighted by Gasteiger charge is 2.36. The van der Waals surface area contributed by atoms with Crippen molar-refractivity contribution in [2.75, 3.05) is 7.11 Å². The molecule has 3 atom stereocenters. The monoisotopic (exact) mass is 294 g/mol. The number of carboxylic acid groups (broad SMARTS) is 1. The third-order valence-corrected chi connectivity index (χ3v) is 3.78. The minimum absolute atomic E-state index is 0.172. The molecule has 0 radical (unpaired) electrons. The van der Waals surface area contributed by atoms with E-state index in [2.05, 4.69) is 10.1 Å². The number of carboxylic acids is 1. The van der Waals surface area contributed by atoms with Crippen molar-refractivity contribution in [2.24, 2.45) is 11.3 Å². The first kappa shape index (κ1) is 15.7. The average Bonchev–Trinajstić information content (AvgIpc) is 2.87. The first-order chi connectivity index (χ1) is 9.84. The van der Waals surface area contributed by atoms with Crippen LogP contribution < -0.4 is 0 Å². The number of aromatic nitrogens is 2. The number of rotatable bonds is 4. The van der Waals surface area contributed by atoms with E-state index in [9.17, 15) is 9.90 Å². The van der Waals surface area contributed by atoms with E-state index in [0.717, 1.165) is 0 Å². The fourth-order valence-corrected chi connectivity index (χ4v) is 2.71. The van der Waals surface area contributed by atoms with Gasteiger partial charge in [0.2, 0.25) is 11.7 Å². The SMILES string of the molecule is COC(c1noc(C2CC=CCC2C(=O)O)n1)C(C)(C)C. The van der Waals surface area contributed by atoms with Crippen LogP contribution in [-0.4, -0.2) is 28.3 Å². The maximum Gasteiger partial charge on any atom is 0.307 e. The van der Waals surface area contributed by atoms with Gasteiger partial charge >= 0.3 is 5.97 Å². The van der Waals surface area contributed by atoms with Crippen molar-refractivity contribution in [1.82, 2.24) is 10.1 Å². The summed E-state index contributed by atoms with van der Waals surface area (Å²) in [5, 5.41) is 13.3. The molecule has 6 nitrogen and oxygen atoms in total. The van der Waals surface area contributed by atoms with E-state index in [1.54, 1.807) is 7.11 Å². The minimum atomic E-state index is -0.830. The molecule has 2 rings (SSSR count). The topological polar surface area (TPSA) is 85.5 Å². The fourth-order valence-electron chi connectivity index (χ4n) is 2.71. The van der Waals surface area contributed by atoms with Gasteiger partial charge in [0, 0.05) is 7.11 Å². The van der Waals surface area contributed by atoms with Gasteiger partial charge in [0.25, 0.3) is 0 Å². The first-order valence-electron chi connectivity index (χ1n) is 7.08. The number of allylic oxidation sites excluding steroid dienone is 2. The highest BCUT2D eigenvalue weighted by atomic mass is 16.5. The third-order valence-electron chi connectivity index (χ3n) is 3.78. The van der Waals surface area contributed by atoms with Crippen LogP contribution in [0.5, 0.6) is 0 Å². The van der Waals surface area contributed by atoms with E-state index in [-0.39, 0.29) is 17.4 Å². The van der Waals surface area contributed by atoms with Crippen molar-refractivity contribution in [3.8, 4) is 0 Å². The second-order valence-electron chi connectivity index (χ2n) is 6.47. The smallest absolute Gasteiger partial charge is 0.307 e. The predicted octanol–water partition coefficient (Wildman–Crippen LogP) is 2.94. The molecule has 1 aliphatic rings. The molecular weight excluding hydrogens is 272 g/mol. The lowest BCUT2D eigenvalue weighted by molar-refractivity contribution is -0.142. The Hall–Kier alpha value is -1.69. The fraction of sp³-hybridized carbons (Fsp3) is 0.667. The van der Waals surface area contributed by atoms with E-state index in [1.807, 2.05) is 32.9 Å². The van der Waals surface area contributed by atoms with Crippen molar-refractivity contribution in [1.29, 1.82) is 0 Å². The molecule has 0 spiro atoms. The van der Waals surface area contributed by atoms with Crippen LogP contribution in [0.15, 0.2) is 16.7 Å². The van der Waals surface area contributed by atoms with E-state index >= 15 is 0 Å². The summed E-state index contributed by atoms with van der Waals surface area (Å²) in [5.41, 5.74) is -0.172. The van der Waals surface area contributed by atoms with Crippen LogP contribution >= 0.6 is 0 Å². The summed E-state index contributed by atoms with van der Waals surface area (Å²) in [4.78, 5) is 15.7. The molecule has 116 valence electrons. The van der Waals surface area contributed by atoms with Crippen molar-refractivity contribution >= 4 is 5.97 Å². The zero-order valence-electron chi connectivity index (χ0n) is 12.9. The number of nitrogens with zero attached hydrogens (tertiary/aromatic N) is 2. The molecule has 0 aromatic carbocycles. The van der Waals surface area contributed by atoms with Crippen molar-refractivity contribution in [2.45, 2.75) is 45.6 Å². The molecule has 1 aromatic heterocycles. The Bertz CT molecular complexity index is 530. The Kier molecular flexibility index (Phi) is 4.46. The molecule has 0 bridgehead atoms. The molecule has 0 aliphatic heterocycles. The molecule has 3 unspecified atom stereocenters. The van der Waals surface area contributed by atoms with Gasteiger partial charge in [0.1, 0.15) is 6.10 Å². The van der Waals surface area contributed by atoms with Crippen molar-refractivity contribution in [3.63, 3.8) is 0 Å². The third kappa shape index (κ3) is 3.32. The van der Waals surface area contributed by atoms with Gasteiger partial charge < -0.3 is 14.4 Å². The maximum atomic E-state index is 11.3. The molecule has 0 saturated heterocycles. The molecule has 1 N–H and O–H groups in total.